The second-order valence-corrected chi connectivity index (χ2v) is 5.00. The third-order valence-corrected chi connectivity index (χ3v) is 3.11. The monoisotopic (exact) mass is 340 g/mol. The molecule has 0 radical (unpaired) electrons. The van der Waals surface area contributed by atoms with Crippen molar-refractivity contribution >= 4 is 29.2 Å². The van der Waals surface area contributed by atoms with Gasteiger partial charge in [0.15, 0.2) is 11.6 Å². The number of aromatic nitrogens is 4. The highest BCUT2D eigenvalue weighted by molar-refractivity contribution is 5.96. The van der Waals surface area contributed by atoms with Gasteiger partial charge in [0.1, 0.15) is 5.76 Å². The number of hydrogen-bond acceptors (Lipinski definition) is 9. The van der Waals surface area contributed by atoms with Crippen LogP contribution in [0.1, 0.15) is 23.0 Å². The average Bonchev–Trinajstić information content (AvgIpc) is 3.01. The molecule has 9 heteroatoms. The van der Waals surface area contributed by atoms with Gasteiger partial charge in [-0.05, 0) is 26.0 Å². The number of carbonyl (C=O) groups excluding carboxylic acids is 1. The number of carbonyl (C=O) groups is 1. The van der Waals surface area contributed by atoms with Crippen LogP contribution in [0, 0.1) is 6.92 Å². The predicted octanol–water partition coefficient (Wildman–Crippen LogP) is 2.83. The molecule has 0 atom stereocenters. The maximum Gasteiger partial charge on any atom is 0.340 e. The predicted molar refractivity (Wildman–Crippen MR) is 90.0 cm³/mol. The molecule has 2 N–H and O–H groups in total. The van der Waals surface area contributed by atoms with E-state index in [4.69, 9.17) is 9.26 Å². The SMILES string of the molecule is CCOC(=O)c1ccccc1Nc1cnnc(Nc2cc(C)on2)n1. The van der Waals surface area contributed by atoms with Crippen molar-refractivity contribution in [3.63, 3.8) is 0 Å². The number of para-hydroxylation sites is 1. The number of benzene rings is 1. The Kier molecular flexibility index (Phi) is 4.84. The lowest BCUT2D eigenvalue weighted by atomic mass is 10.2. The minimum atomic E-state index is -0.413. The van der Waals surface area contributed by atoms with Crippen molar-refractivity contribution in [2.75, 3.05) is 17.2 Å². The second kappa shape index (κ2) is 7.39. The summed E-state index contributed by atoms with van der Waals surface area (Å²) in [7, 11) is 0. The Morgan fingerprint density at radius 2 is 2.08 bits per heavy atom. The zero-order valence-corrected chi connectivity index (χ0v) is 13.7. The highest BCUT2D eigenvalue weighted by Gasteiger charge is 2.13. The van der Waals surface area contributed by atoms with Crippen LogP contribution < -0.4 is 10.6 Å². The van der Waals surface area contributed by atoms with Gasteiger partial charge in [0.05, 0.1) is 24.1 Å². The van der Waals surface area contributed by atoms with Gasteiger partial charge in [-0.3, -0.25) is 0 Å². The molecule has 2 aromatic heterocycles. The molecule has 0 bridgehead atoms. The van der Waals surface area contributed by atoms with Crippen molar-refractivity contribution in [1.29, 1.82) is 0 Å². The third kappa shape index (κ3) is 4.08. The Morgan fingerprint density at radius 1 is 1.24 bits per heavy atom. The lowest BCUT2D eigenvalue weighted by Crippen LogP contribution is -2.09. The van der Waals surface area contributed by atoms with Crippen molar-refractivity contribution in [2.24, 2.45) is 0 Å². The van der Waals surface area contributed by atoms with Gasteiger partial charge in [0, 0.05) is 6.07 Å². The Balaban J connectivity index is 1.80. The molecule has 2 heterocycles. The van der Waals surface area contributed by atoms with Crippen molar-refractivity contribution in [3.8, 4) is 0 Å². The van der Waals surface area contributed by atoms with Crippen LogP contribution in [0.2, 0.25) is 0 Å². The molecule has 0 spiro atoms. The smallest absolute Gasteiger partial charge is 0.340 e. The van der Waals surface area contributed by atoms with E-state index in [1.807, 2.05) is 0 Å². The van der Waals surface area contributed by atoms with Crippen LogP contribution in [-0.4, -0.2) is 32.9 Å². The van der Waals surface area contributed by atoms with Gasteiger partial charge in [0.25, 0.3) is 0 Å². The average molecular weight is 340 g/mol. The topological polar surface area (TPSA) is 115 Å². The number of nitrogens with zero attached hydrogens (tertiary/aromatic N) is 4. The van der Waals surface area contributed by atoms with Gasteiger partial charge in [-0.25, -0.2) is 4.79 Å². The zero-order valence-electron chi connectivity index (χ0n) is 13.7. The van der Waals surface area contributed by atoms with Crippen molar-refractivity contribution < 1.29 is 14.1 Å². The van der Waals surface area contributed by atoms with E-state index in [2.05, 4.69) is 31.0 Å². The summed E-state index contributed by atoms with van der Waals surface area (Å²) >= 11 is 0. The molecule has 0 aliphatic heterocycles. The van der Waals surface area contributed by atoms with E-state index >= 15 is 0 Å². The summed E-state index contributed by atoms with van der Waals surface area (Å²) in [6.45, 7) is 3.83. The largest absolute Gasteiger partial charge is 0.462 e. The van der Waals surface area contributed by atoms with E-state index in [-0.39, 0.29) is 5.95 Å². The summed E-state index contributed by atoms with van der Waals surface area (Å²) < 4.78 is 10.0. The number of hydrogen-bond donors (Lipinski definition) is 2. The maximum atomic E-state index is 12.0. The van der Waals surface area contributed by atoms with Crippen LogP contribution in [-0.2, 0) is 4.74 Å². The number of aryl methyl sites for hydroxylation is 1. The lowest BCUT2D eigenvalue weighted by molar-refractivity contribution is 0.0527. The highest BCUT2D eigenvalue weighted by atomic mass is 16.5. The number of rotatable bonds is 6. The summed E-state index contributed by atoms with van der Waals surface area (Å²) in [6.07, 6.45) is 1.45. The first-order valence-corrected chi connectivity index (χ1v) is 7.59. The summed E-state index contributed by atoms with van der Waals surface area (Å²) in [5.41, 5.74) is 0.967. The van der Waals surface area contributed by atoms with Crippen LogP contribution in [0.4, 0.5) is 23.3 Å². The first-order chi connectivity index (χ1) is 12.2. The van der Waals surface area contributed by atoms with Crippen LogP contribution in [0.5, 0.6) is 0 Å². The van der Waals surface area contributed by atoms with Gasteiger partial charge < -0.3 is 19.9 Å². The fourth-order valence-electron chi connectivity index (χ4n) is 2.07. The second-order valence-electron chi connectivity index (χ2n) is 5.00. The molecular weight excluding hydrogens is 324 g/mol. The first-order valence-electron chi connectivity index (χ1n) is 7.59. The minimum absolute atomic E-state index is 0.243. The molecule has 3 aromatic rings. The molecule has 25 heavy (non-hydrogen) atoms. The van der Waals surface area contributed by atoms with E-state index in [0.29, 0.717) is 35.3 Å². The Morgan fingerprint density at radius 3 is 2.84 bits per heavy atom. The number of ether oxygens (including phenoxy) is 1. The molecule has 0 saturated heterocycles. The lowest BCUT2D eigenvalue weighted by Gasteiger charge is -2.10. The van der Waals surface area contributed by atoms with Crippen molar-refractivity contribution in [3.05, 3.63) is 47.9 Å². The molecular formula is C16H16N6O3. The summed E-state index contributed by atoms with van der Waals surface area (Å²) in [4.78, 5) is 16.3. The van der Waals surface area contributed by atoms with E-state index in [1.54, 1.807) is 44.2 Å². The Hall–Kier alpha value is -3.49. The molecule has 3 rings (SSSR count). The molecule has 0 amide bonds. The quantitative estimate of drug-likeness (QED) is 0.653. The molecule has 9 nitrogen and oxygen atoms in total. The van der Waals surface area contributed by atoms with Gasteiger partial charge >= 0.3 is 5.97 Å². The summed E-state index contributed by atoms with van der Waals surface area (Å²) in [5, 5.41) is 17.5. The van der Waals surface area contributed by atoms with Gasteiger partial charge in [-0.2, -0.15) is 10.1 Å². The standard InChI is InChI=1S/C16H16N6O3/c1-3-24-15(23)11-6-4-5-7-12(11)18-14-9-17-21-16(20-14)19-13-8-10(2)25-22-13/h4-9H,3H2,1-2H3,(H2,18,19,20,21,22). The zero-order chi connectivity index (χ0) is 17.6. The van der Waals surface area contributed by atoms with Crippen LogP contribution >= 0.6 is 0 Å². The maximum absolute atomic E-state index is 12.0. The molecule has 128 valence electrons. The van der Waals surface area contributed by atoms with E-state index in [0.717, 1.165) is 0 Å². The van der Waals surface area contributed by atoms with E-state index in [1.165, 1.54) is 6.20 Å². The summed E-state index contributed by atoms with van der Waals surface area (Å²) in [5.74, 6) is 1.38. The van der Waals surface area contributed by atoms with Crippen LogP contribution in [0.25, 0.3) is 0 Å². The fourth-order valence-corrected chi connectivity index (χ4v) is 2.07. The van der Waals surface area contributed by atoms with E-state index in [9.17, 15) is 4.79 Å². The van der Waals surface area contributed by atoms with Gasteiger partial charge in [0.2, 0.25) is 5.95 Å². The first kappa shape index (κ1) is 16.4. The molecule has 0 saturated carbocycles. The molecule has 0 unspecified atom stereocenters. The van der Waals surface area contributed by atoms with Gasteiger partial charge in [-0.1, -0.05) is 17.3 Å². The minimum Gasteiger partial charge on any atom is -0.462 e. The number of nitrogens with one attached hydrogen (secondary N) is 2. The molecule has 0 aliphatic carbocycles. The van der Waals surface area contributed by atoms with E-state index < -0.39 is 5.97 Å². The third-order valence-electron chi connectivity index (χ3n) is 3.11. The van der Waals surface area contributed by atoms with Gasteiger partial charge in [-0.15, -0.1) is 5.10 Å². The molecule has 1 aromatic carbocycles. The normalized spacial score (nSPS) is 10.3. The van der Waals surface area contributed by atoms with Crippen molar-refractivity contribution in [2.45, 2.75) is 13.8 Å². The van der Waals surface area contributed by atoms with Crippen LogP contribution in [0.3, 0.4) is 0 Å². The highest BCUT2D eigenvalue weighted by Crippen LogP contribution is 2.21. The number of esters is 1. The Bertz CT molecular complexity index is 880. The van der Waals surface area contributed by atoms with Crippen molar-refractivity contribution in [1.82, 2.24) is 20.3 Å². The molecule has 0 aliphatic rings. The number of anilines is 4. The fraction of sp³-hybridized carbons (Fsp3) is 0.188. The van der Waals surface area contributed by atoms with Crippen LogP contribution in [0.15, 0.2) is 41.1 Å². The Labute approximate surface area is 143 Å². The summed E-state index contributed by atoms with van der Waals surface area (Å²) in [6, 6.07) is 8.70. The molecule has 0 fully saturated rings.